The molecule has 1 N–H and O–H groups in total. The Balaban J connectivity index is 3.27. The molecule has 112 valence electrons. The lowest BCUT2D eigenvalue weighted by atomic mass is 10.2. The van der Waals surface area contributed by atoms with Crippen molar-refractivity contribution in [3.8, 4) is 0 Å². The molecule has 1 atom stereocenters. The fourth-order valence-corrected chi connectivity index (χ4v) is 3.37. The molecule has 0 saturated carbocycles. The van der Waals surface area contributed by atoms with E-state index < -0.39 is 34.0 Å². The Labute approximate surface area is 115 Å². The van der Waals surface area contributed by atoms with Gasteiger partial charge >= 0.3 is 5.97 Å². The zero-order valence-corrected chi connectivity index (χ0v) is 11.8. The van der Waals surface area contributed by atoms with Crippen molar-refractivity contribution < 1.29 is 27.1 Å². The highest BCUT2D eigenvalue weighted by atomic mass is 32.2. The summed E-state index contributed by atoms with van der Waals surface area (Å²) in [6.07, 6.45) is -2.79. The summed E-state index contributed by atoms with van der Waals surface area (Å²) in [6, 6.07) is 3.06. The fraction of sp³-hybridized carbons (Fsp3) is 0.417. The molecule has 8 heteroatoms. The monoisotopic (exact) mass is 307 g/mol. The maximum atomic E-state index is 12.6. The largest absolute Gasteiger partial charge is 0.480 e. The van der Waals surface area contributed by atoms with E-state index in [1.54, 1.807) is 0 Å². The Hall–Kier alpha value is -1.54. The quantitative estimate of drug-likeness (QED) is 0.873. The van der Waals surface area contributed by atoms with E-state index >= 15 is 0 Å². The van der Waals surface area contributed by atoms with Crippen LogP contribution in [0, 0.1) is 0 Å². The number of nitrogens with zero attached hydrogens (tertiary/aromatic N) is 1. The Kier molecular flexibility index (Phi) is 5.18. The second kappa shape index (κ2) is 6.27. The molecule has 0 fully saturated rings. The third-order valence-corrected chi connectivity index (χ3v) is 4.86. The van der Waals surface area contributed by atoms with E-state index in [0.717, 1.165) is 16.4 Å². The van der Waals surface area contributed by atoms with Crippen LogP contribution in [0.5, 0.6) is 0 Å². The molecular weight excluding hydrogens is 292 g/mol. The predicted molar refractivity (Wildman–Crippen MR) is 68.1 cm³/mol. The summed E-state index contributed by atoms with van der Waals surface area (Å²) in [5.74, 6) is -1.31. The number of aliphatic carboxylic acids is 1. The summed E-state index contributed by atoms with van der Waals surface area (Å²) < 4.78 is 50.6. The van der Waals surface area contributed by atoms with Crippen LogP contribution in [0.1, 0.15) is 25.8 Å². The molecular formula is C12H15F2NO4S. The van der Waals surface area contributed by atoms with Gasteiger partial charge in [0.15, 0.2) is 0 Å². The normalized spacial score (nSPS) is 13.7. The highest BCUT2D eigenvalue weighted by Crippen LogP contribution is 2.24. The molecule has 20 heavy (non-hydrogen) atoms. The van der Waals surface area contributed by atoms with E-state index in [0.29, 0.717) is 0 Å². The maximum Gasteiger partial charge on any atom is 0.321 e. The van der Waals surface area contributed by atoms with Gasteiger partial charge in [-0.05, 0) is 19.1 Å². The van der Waals surface area contributed by atoms with E-state index in [-0.39, 0.29) is 11.4 Å². The van der Waals surface area contributed by atoms with Gasteiger partial charge in [-0.1, -0.05) is 19.1 Å². The zero-order chi connectivity index (χ0) is 15.5. The second-order valence-corrected chi connectivity index (χ2v) is 5.99. The van der Waals surface area contributed by atoms with E-state index in [9.17, 15) is 22.0 Å². The molecule has 1 aromatic rings. The number of sulfonamides is 1. The van der Waals surface area contributed by atoms with Gasteiger partial charge in [0.25, 0.3) is 6.43 Å². The van der Waals surface area contributed by atoms with Crippen molar-refractivity contribution in [3.63, 3.8) is 0 Å². The van der Waals surface area contributed by atoms with Gasteiger partial charge in [0.2, 0.25) is 10.0 Å². The van der Waals surface area contributed by atoms with Crippen molar-refractivity contribution >= 4 is 16.0 Å². The van der Waals surface area contributed by atoms with Crippen LogP contribution in [0.15, 0.2) is 29.2 Å². The smallest absolute Gasteiger partial charge is 0.321 e. The molecule has 0 aliphatic heterocycles. The third kappa shape index (κ3) is 3.31. The van der Waals surface area contributed by atoms with Crippen LogP contribution in [0.3, 0.4) is 0 Å². The van der Waals surface area contributed by atoms with E-state index in [2.05, 4.69) is 0 Å². The Morgan fingerprint density at radius 2 is 2.00 bits per heavy atom. The molecule has 0 heterocycles. The summed E-state index contributed by atoms with van der Waals surface area (Å²) >= 11 is 0. The first kappa shape index (κ1) is 16.5. The van der Waals surface area contributed by atoms with Gasteiger partial charge in [-0.2, -0.15) is 4.31 Å². The second-order valence-electron chi connectivity index (χ2n) is 4.10. The molecule has 0 spiro atoms. The van der Waals surface area contributed by atoms with Crippen LogP contribution in [0.4, 0.5) is 8.78 Å². The van der Waals surface area contributed by atoms with Gasteiger partial charge in [-0.15, -0.1) is 0 Å². The SMILES string of the molecule is CCN(C(C)C(=O)O)S(=O)(=O)c1cccc(C(F)F)c1. The molecule has 0 saturated heterocycles. The van der Waals surface area contributed by atoms with Crippen LogP contribution in [0.2, 0.25) is 0 Å². The van der Waals surface area contributed by atoms with Crippen LogP contribution < -0.4 is 0 Å². The van der Waals surface area contributed by atoms with Gasteiger partial charge < -0.3 is 5.11 Å². The standard InChI is InChI=1S/C12H15F2NO4S/c1-3-15(8(2)12(16)17)20(18,19)10-6-4-5-9(7-10)11(13)14/h4-8,11H,3H2,1-2H3,(H,16,17). The number of rotatable bonds is 6. The summed E-state index contributed by atoms with van der Waals surface area (Å²) in [4.78, 5) is 10.6. The molecule has 1 unspecified atom stereocenters. The average Bonchev–Trinajstić information content (AvgIpc) is 2.39. The number of carboxylic acid groups (broad SMARTS) is 1. The van der Waals surface area contributed by atoms with Crippen LogP contribution in [-0.4, -0.2) is 36.4 Å². The highest BCUT2D eigenvalue weighted by molar-refractivity contribution is 7.89. The summed E-state index contributed by atoms with van der Waals surface area (Å²) in [6.45, 7) is 2.63. The minimum Gasteiger partial charge on any atom is -0.480 e. The molecule has 5 nitrogen and oxygen atoms in total. The summed E-state index contributed by atoms with van der Waals surface area (Å²) in [7, 11) is -4.13. The van der Waals surface area contributed by atoms with E-state index in [1.165, 1.54) is 26.0 Å². The summed E-state index contributed by atoms with van der Waals surface area (Å²) in [5.41, 5.74) is -0.426. The molecule has 0 aliphatic rings. The molecule has 0 radical (unpaired) electrons. The van der Waals surface area contributed by atoms with Gasteiger partial charge in [0.1, 0.15) is 6.04 Å². The molecule has 1 aromatic carbocycles. The van der Waals surface area contributed by atoms with Crippen molar-refractivity contribution in [3.05, 3.63) is 29.8 Å². The van der Waals surface area contributed by atoms with Crippen LogP contribution >= 0.6 is 0 Å². The Morgan fingerprint density at radius 1 is 1.40 bits per heavy atom. The number of carboxylic acids is 1. The van der Waals surface area contributed by atoms with Gasteiger partial charge in [-0.25, -0.2) is 17.2 Å². The highest BCUT2D eigenvalue weighted by Gasteiger charge is 2.31. The number of likely N-dealkylation sites (N-methyl/N-ethyl adjacent to an activating group) is 1. The van der Waals surface area contributed by atoms with E-state index in [4.69, 9.17) is 5.11 Å². The molecule has 0 aromatic heterocycles. The van der Waals surface area contributed by atoms with E-state index in [1.807, 2.05) is 0 Å². The minimum atomic E-state index is -4.13. The topological polar surface area (TPSA) is 74.7 Å². The zero-order valence-electron chi connectivity index (χ0n) is 11.0. The first-order valence-corrected chi connectivity index (χ1v) is 7.28. The van der Waals surface area contributed by atoms with Gasteiger partial charge in [0.05, 0.1) is 4.90 Å². The average molecular weight is 307 g/mol. The van der Waals surface area contributed by atoms with Gasteiger partial charge in [-0.3, -0.25) is 4.79 Å². The summed E-state index contributed by atoms with van der Waals surface area (Å²) in [5, 5.41) is 8.91. The van der Waals surface area contributed by atoms with Crippen molar-refractivity contribution in [1.82, 2.24) is 4.31 Å². The number of alkyl halides is 2. The Morgan fingerprint density at radius 3 is 2.45 bits per heavy atom. The maximum absolute atomic E-state index is 12.6. The number of hydrogen-bond donors (Lipinski definition) is 1. The van der Waals surface area contributed by atoms with Crippen molar-refractivity contribution in [2.45, 2.75) is 31.2 Å². The number of hydrogen-bond acceptors (Lipinski definition) is 3. The predicted octanol–water partition coefficient (Wildman–Crippen LogP) is 2.11. The molecule has 0 bridgehead atoms. The lowest BCUT2D eigenvalue weighted by molar-refractivity contribution is -0.140. The number of halogens is 2. The fourth-order valence-electron chi connectivity index (χ4n) is 1.72. The third-order valence-electron chi connectivity index (χ3n) is 2.82. The molecule has 0 aliphatic carbocycles. The Bertz CT molecular complexity index is 589. The first-order valence-electron chi connectivity index (χ1n) is 5.84. The lowest BCUT2D eigenvalue weighted by Gasteiger charge is -2.24. The number of benzene rings is 1. The molecule has 1 rings (SSSR count). The van der Waals surface area contributed by atoms with Crippen LogP contribution in [-0.2, 0) is 14.8 Å². The van der Waals surface area contributed by atoms with Gasteiger partial charge in [0, 0.05) is 12.1 Å². The minimum absolute atomic E-state index is 0.0747. The first-order chi connectivity index (χ1) is 9.21. The van der Waals surface area contributed by atoms with Crippen LogP contribution in [0.25, 0.3) is 0 Å². The lowest BCUT2D eigenvalue weighted by Crippen LogP contribution is -2.42. The van der Waals surface area contributed by atoms with Crippen molar-refractivity contribution in [2.24, 2.45) is 0 Å². The van der Waals surface area contributed by atoms with Crippen molar-refractivity contribution in [2.75, 3.05) is 6.54 Å². The number of carbonyl (C=O) groups is 1. The molecule has 0 amide bonds. The van der Waals surface area contributed by atoms with Crippen molar-refractivity contribution in [1.29, 1.82) is 0 Å².